The molecule has 2 aliphatic rings. The van der Waals surface area contributed by atoms with Gasteiger partial charge in [-0.2, -0.15) is 13.2 Å². The molecule has 0 unspecified atom stereocenters. The number of benzene rings is 1. The molecule has 1 fully saturated rings. The Balaban J connectivity index is 1.94. The standard InChI is InChI=1S/C14H14F3NO2/c15-14(16,17)9-3-4-10-11(7-9)20-8-13(12(19)18-10)5-1-2-6-13/h3-4,7H,1-2,5-6,8H2,(H,18,19). The maximum atomic E-state index is 12.7. The second kappa shape index (κ2) is 4.40. The molecule has 20 heavy (non-hydrogen) atoms. The Morgan fingerprint density at radius 3 is 2.55 bits per heavy atom. The van der Waals surface area contributed by atoms with Crippen molar-refractivity contribution < 1.29 is 22.7 Å². The first kappa shape index (κ1) is 13.3. The fraction of sp³-hybridized carbons (Fsp3) is 0.500. The molecule has 0 saturated heterocycles. The van der Waals surface area contributed by atoms with Gasteiger partial charge in [0, 0.05) is 0 Å². The number of rotatable bonds is 0. The summed E-state index contributed by atoms with van der Waals surface area (Å²) in [5.74, 6) is -0.0505. The second-order valence-electron chi connectivity index (χ2n) is 5.44. The van der Waals surface area contributed by atoms with Crippen LogP contribution in [0.25, 0.3) is 0 Å². The number of fused-ring (bicyclic) bond motifs is 1. The van der Waals surface area contributed by atoms with Crippen LogP contribution in [0.5, 0.6) is 5.75 Å². The first-order valence-electron chi connectivity index (χ1n) is 6.56. The lowest BCUT2D eigenvalue weighted by Crippen LogP contribution is -2.37. The molecule has 1 amide bonds. The van der Waals surface area contributed by atoms with Crippen molar-refractivity contribution in [3.05, 3.63) is 23.8 Å². The lowest BCUT2D eigenvalue weighted by Gasteiger charge is -2.23. The highest BCUT2D eigenvalue weighted by Crippen LogP contribution is 2.44. The minimum Gasteiger partial charge on any atom is -0.490 e. The quantitative estimate of drug-likeness (QED) is 0.791. The van der Waals surface area contributed by atoms with Crippen LogP contribution >= 0.6 is 0 Å². The predicted octanol–water partition coefficient (Wildman–Crippen LogP) is 3.60. The molecule has 6 heteroatoms. The van der Waals surface area contributed by atoms with E-state index in [4.69, 9.17) is 4.74 Å². The van der Waals surface area contributed by atoms with Gasteiger partial charge >= 0.3 is 6.18 Å². The summed E-state index contributed by atoms with van der Waals surface area (Å²) >= 11 is 0. The first-order valence-corrected chi connectivity index (χ1v) is 6.56. The fourth-order valence-electron chi connectivity index (χ4n) is 2.88. The van der Waals surface area contributed by atoms with E-state index in [0.29, 0.717) is 5.69 Å². The maximum Gasteiger partial charge on any atom is 0.416 e. The Morgan fingerprint density at radius 2 is 1.90 bits per heavy atom. The number of anilines is 1. The Morgan fingerprint density at radius 1 is 1.20 bits per heavy atom. The van der Waals surface area contributed by atoms with Crippen LogP contribution in [-0.4, -0.2) is 12.5 Å². The van der Waals surface area contributed by atoms with Crippen molar-refractivity contribution in [1.82, 2.24) is 0 Å². The van der Waals surface area contributed by atoms with Gasteiger partial charge in [-0.1, -0.05) is 12.8 Å². The van der Waals surface area contributed by atoms with Gasteiger partial charge < -0.3 is 10.1 Å². The largest absolute Gasteiger partial charge is 0.490 e. The molecular formula is C14H14F3NO2. The summed E-state index contributed by atoms with van der Waals surface area (Å²) in [7, 11) is 0. The van der Waals surface area contributed by atoms with Crippen molar-refractivity contribution in [2.75, 3.05) is 11.9 Å². The van der Waals surface area contributed by atoms with E-state index in [0.717, 1.165) is 37.8 Å². The van der Waals surface area contributed by atoms with Gasteiger partial charge in [0.1, 0.15) is 12.4 Å². The van der Waals surface area contributed by atoms with Crippen LogP contribution < -0.4 is 10.1 Å². The molecule has 1 N–H and O–H groups in total. The number of carbonyl (C=O) groups excluding carboxylic acids is 1. The molecular weight excluding hydrogens is 271 g/mol. The minimum atomic E-state index is -4.42. The molecule has 1 aromatic carbocycles. The molecule has 0 radical (unpaired) electrons. The third kappa shape index (κ3) is 2.13. The van der Waals surface area contributed by atoms with Crippen LogP contribution in [0.15, 0.2) is 18.2 Å². The van der Waals surface area contributed by atoms with Crippen molar-refractivity contribution >= 4 is 11.6 Å². The zero-order valence-electron chi connectivity index (χ0n) is 10.7. The summed E-state index contributed by atoms with van der Waals surface area (Å²) in [6, 6.07) is 3.16. The summed E-state index contributed by atoms with van der Waals surface area (Å²) in [4.78, 5) is 12.3. The van der Waals surface area contributed by atoms with Crippen LogP contribution in [0.4, 0.5) is 18.9 Å². The van der Waals surface area contributed by atoms with Gasteiger partial charge in [0.2, 0.25) is 5.91 Å². The van der Waals surface area contributed by atoms with E-state index in [1.807, 2.05) is 0 Å². The third-order valence-corrected chi connectivity index (χ3v) is 4.10. The zero-order chi connectivity index (χ0) is 14.4. The Kier molecular flexibility index (Phi) is 2.92. The molecule has 3 nitrogen and oxygen atoms in total. The number of carbonyl (C=O) groups is 1. The van der Waals surface area contributed by atoms with Gasteiger partial charge in [-0.15, -0.1) is 0 Å². The molecule has 1 heterocycles. The molecule has 0 aromatic heterocycles. The van der Waals surface area contributed by atoms with Crippen molar-refractivity contribution in [2.24, 2.45) is 5.41 Å². The number of hydrogen-bond donors (Lipinski definition) is 1. The molecule has 1 spiro atoms. The fourth-order valence-corrected chi connectivity index (χ4v) is 2.88. The van der Waals surface area contributed by atoms with E-state index in [2.05, 4.69) is 5.32 Å². The van der Waals surface area contributed by atoms with Crippen molar-refractivity contribution in [3.63, 3.8) is 0 Å². The normalized spacial score (nSPS) is 21.1. The van der Waals surface area contributed by atoms with Gasteiger partial charge in [-0.05, 0) is 31.0 Å². The Bertz CT molecular complexity index is 548. The number of alkyl halides is 3. The van der Waals surface area contributed by atoms with Crippen LogP contribution in [0, 0.1) is 5.41 Å². The zero-order valence-corrected chi connectivity index (χ0v) is 10.7. The summed E-state index contributed by atoms with van der Waals surface area (Å²) in [5, 5.41) is 2.70. The van der Waals surface area contributed by atoms with E-state index in [9.17, 15) is 18.0 Å². The highest BCUT2D eigenvalue weighted by Gasteiger charge is 2.44. The molecule has 1 aromatic rings. The maximum absolute atomic E-state index is 12.7. The molecule has 1 saturated carbocycles. The van der Waals surface area contributed by atoms with Gasteiger partial charge in [-0.3, -0.25) is 4.79 Å². The van der Waals surface area contributed by atoms with Crippen molar-refractivity contribution in [3.8, 4) is 5.75 Å². The Labute approximate surface area is 114 Å². The molecule has 1 aliphatic heterocycles. The van der Waals surface area contributed by atoms with Crippen LogP contribution in [-0.2, 0) is 11.0 Å². The number of nitrogens with one attached hydrogen (secondary N) is 1. The third-order valence-electron chi connectivity index (χ3n) is 4.10. The van der Waals surface area contributed by atoms with Crippen molar-refractivity contribution in [2.45, 2.75) is 31.9 Å². The van der Waals surface area contributed by atoms with Crippen LogP contribution in [0.2, 0.25) is 0 Å². The van der Waals surface area contributed by atoms with Gasteiger partial charge in [0.15, 0.2) is 0 Å². The average molecular weight is 285 g/mol. The summed E-state index contributed by atoms with van der Waals surface area (Å²) in [6.45, 7) is 0.146. The molecule has 1 aliphatic carbocycles. The highest BCUT2D eigenvalue weighted by molar-refractivity contribution is 5.97. The van der Waals surface area contributed by atoms with E-state index in [1.165, 1.54) is 6.07 Å². The molecule has 3 rings (SSSR count). The lowest BCUT2D eigenvalue weighted by molar-refractivity contribution is -0.137. The molecule has 0 atom stereocenters. The summed E-state index contributed by atoms with van der Waals surface area (Å²) in [5.41, 5.74) is -1.04. The number of hydrogen-bond acceptors (Lipinski definition) is 2. The van der Waals surface area contributed by atoms with Crippen molar-refractivity contribution in [1.29, 1.82) is 0 Å². The SMILES string of the molecule is O=C1Nc2ccc(C(F)(F)F)cc2OCC12CCCC2. The van der Waals surface area contributed by atoms with E-state index in [1.54, 1.807) is 0 Å². The number of amides is 1. The number of ether oxygens (including phenoxy) is 1. The van der Waals surface area contributed by atoms with Gasteiger partial charge in [-0.25, -0.2) is 0 Å². The summed E-state index contributed by atoms with van der Waals surface area (Å²) < 4.78 is 43.6. The summed E-state index contributed by atoms with van der Waals surface area (Å²) in [6.07, 6.45) is -1.08. The second-order valence-corrected chi connectivity index (χ2v) is 5.44. The topological polar surface area (TPSA) is 38.3 Å². The van der Waals surface area contributed by atoms with E-state index >= 15 is 0 Å². The predicted molar refractivity (Wildman–Crippen MR) is 66.5 cm³/mol. The molecule has 0 bridgehead atoms. The Hall–Kier alpha value is -1.72. The van der Waals surface area contributed by atoms with Gasteiger partial charge in [0.05, 0.1) is 16.7 Å². The van der Waals surface area contributed by atoms with Crippen LogP contribution in [0.1, 0.15) is 31.2 Å². The minimum absolute atomic E-state index is 0.0944. The average Bonchev–Trinajstić information content (AvgIpc) is 2.81. The number of halogens is 3. The monoisotopic (exact) mass is 285 g/mol. The van der Waals surface area contributed by atoms with E-state index in [-0.39, 0.29) is 18.3 Å². The van der Waals surface area contributed by atoms with Crippen LogP contribution in [0.3, 0.4) is 0 Å². The van der Waals surface area contributed by atoms with Gasteiger partial charge in [0.25, 0.3) is 0 Å². The smallest absolute Gasteiger partial charge is 0.416 e. The highest BCUT2D eigenvalue weighted by atomic mass is 19.4. The lowest BCUT2D eigenvalue weighted by atomic mass is 9.86. The molecule has 108 valence electrons. The first-order chi connectivity index (χ1) is 9.41. The van der Waals surface area contributed by atoms with E-state index < -0.39 is 17.2 Å².